The van der Waals surface area contributed by atoms with Crippen LogP contribution in [0.2, 0.25) is 0 Å². The summed E-state index contributed by atoms with van der Waals surface area (Å²) in [6, 6.07) is 9.53. The Labute approximate surface area is 187 Å². The van der Waals surface area contributed by atoms with Crippen LogP contribution in [-0.2, 0) is 0 Å². The van der Waals surface area contributed by atoms with Crippen molar-refractivity contribution in [2.45, 2.75) is 45.4 Å². The first-order valence-corrected chi connectivity index (χ1v) is 11.5. The molecule has 2 saturated heterocycles. The molecule has 0 saturated carbocycles. The minimum absolute atomic E-state index is 0.0625. The number of nitrogens with zero attached hydrogens (tertiary/aromatic N) is 3. The summed E-state index contributed by atoms with van der Waals surface area (Å²) in [5, 5.41) is 5.18. The second kappa shape index (κ2) is 8.45. The number of benzene rings is 1. The minimum Gasteiger partial charge on any atom is -0.451 e. The summed E-state index contributed by atoms with van der Waals surface area (Å²) in [7, 11) is 0. The molecule has 2 amide bonds. The van der Waals surface area contributed by atoms with Gasteiger partial charge in [-0.25, -0.2) is 0 Å². The lowest BCUT2D eigenvalue weighted by atomic mass is 9.93. The Balaban J connectivity index is 1.22. The summed E-state index contributed by atoms with van der Waals surface area (Å²) >= 11 is 0. The van der Waals surface area contributed by atoms with Crippen LogP contribution in [0.15, 0.2) is 39.3 Å². The molecule has 0 unspecified atom stereocenters. The monoisotopic (exact) mass is 435 g/mol. The molecule has 5 rings (SSSR count). The van der Waals surface area contributed by atoms with Crippen LogP contribution in [0, 0.1) is 12.8 Å². The van der Waals surface area contributed by atoms with Gasteiger partial charge in [-0.15, -0.1) is 0 Å². The number of fused-ring (bicyclic) bond motifs is 1. The Hall–Kier alpha value is -3.09. The largest absolute Gasteiger partial charge is 0.451 e. The van der Waals surface area contributed by atoms with E-state index in [4.69, 9.17) is 8.94 Å². The molecule has 4 heterocycles. The van der Waals surface area contributed by atoms with Crippen LogP contribution in [0.25, 0.3) is 11.0 Å². The molecular weight excluding hydrogens is 406 g/mol. The zero-order chi connectivity index (χ0) is 22.2. The Kier molecular flexibility index (Phi) is 5.49. The van der Waals surface area contributed by atoms with E-state index in [0.717, 1.165) is 61.0 Å². The molecule has 32 heavy (non-hydrogen) atoms. The molecule has 168 valence electrons. The number of furan rings is 1. The van der Waals surface area contributed by atoms with E-state index in [2.05, 4.69) is 12.1 Å². The number of aromatic nitrogens is 1. The van der Waals surface area contributed by atoms with Gasteiger partial charge in [0, 0.05) is 49.1 Å². The number of hydrogen-bond donors (Lipinski definition) is 0. The molecule has 7 heteroatoms. The average molecular weight is 436 g/mol. The molecule has 2 aliphatic heterocycles. The van der Waals surface area contributed by atoms with Crippen molar-refractivity contribution in [1.82, 2.24) is 15.0 Å². The van der Waals surface area contributed by atoms with Crippen molar-refractivity contribution in [1.29, 1.82) is 0 Å². The van der Waals surface area contributed by atoms with Crippen molar-refractivity contribution in [3.63, 3.8) is 0 Å². The molecule has 7 nitrogen and oxygen atoms in total. The van der Waals surface area contributed by atoms with Crippen molar-refractivity contribution in [3.8, 4) is 0 Å². The maximum Gasteiger partial charge on any atom is 0.292 e. The molecule has 2 fully saturated rings. The van der Waals surface area contributed by atoms with Crippen LogP contribution in [0.3, 0.4) is 0 Å². The van der Waals surface area contributed by atoms with Gasteiger partial charge < -0.3 is 18.7 Å². The third-order valence-corrected chi connectivity index (χ3v) is 7.05. The van der Waals surface area contributed by atoms with Crippen molar-refractivity contribution < 1.29 is 18.5 Å². The second-order valence-electron chi connectivity index (χ2n) is 9.21. The molecule has 0 aliphatic carbocycles. The number of rotatable bonds is 3. The molecule has 3 aromatic rings. The molecule has 0 radical (unpaired) electrons. The van der Waals surface area contributed by atoms with Crippen molar-refractivity contribution in [2.75, 3.05) is 26.2 Å². The van der Waals surface area contributed by atoms with E-state index >= 15 is 0 Å². The van der Waals surface area contributed by atoms with Gasteiger partial charge in [0.25, 0.3) is 11.8 Å². The minimum atomic E-state index is -0.0661. The number of carbonyl (C=O) groups is 2. The number of aryl methyl sites for hydroxylation is 1. The fourth-order valence-electron chi connectivity index (χ4n) is 4.85. The summed E-state index contributed by atoms with van der Waals surface area (Å²) in [6.07, 6.45) is 3.63. The third kappa shape index (κ3) is 3.80. The Bertz CT molecular complexity index is 1130. The predicted octanol–water partition coefficient (Wildman–Crippen LogP) is 4.62. The van der Waals surface area contributed by atoms with Gasteiger partial charge in [0.2, 0.25) is 5.76 Å². The highest BCUT2D eigenvalue weighted by atomic mass is 16.5. The van der Waals surface area contributed by atoms with E-state index < -0.39 is 0 Å². The number of para-hydroxylation sites is 1. The summed E-state index contributed by atoms with van der Waals surface area (Å²) in [5.41, 5.74) is 2.44. The first-order valence-electron chi connectivity index (χ1n) is 11.5. The van der Waals surface area contributed by atoms with Gasteiger partial charge in [-0.2, -0.15) is 0 Å². The van der Waals surface area contributed by atoms with Gasteiger partial charge in [-0.3, -0.25) is 9.59 Å². The van der Waals surface area contributed by atoms with Crippen LogP contribution in [-0.4, -0.2) is 52.9 Å². The van der Waals surface area contributed by atoms with Gasteiger partial charge in [-0.05, 0) is 44.6 Å². The van der Waals surface area contributed by atoms with Crippen LogP contribution in [0.5, 0.6) is 0 Å². The van der Waals surface area contributed by atoms with Gasteiger partial charge in [0.15, 0.2) is 5.76 Å². The number of likely N-dealkylation sites (tertiary alicyclic amines) is 2. The molecule has 0 bridgehead atoms. The van der Waals surface area contributed by atoms with Crippen LogP contribution in [0.1, 0.15) is 70.9 Å². The fraction of sp³-hybridized carbons (Fsp3) is 0.480. The summed E-state index contributed by atoms with van der Waals surface area (Å²) in [6.45, 7) is 6.96. The van der Waals surface area contributed by atoms with Gasteiger partial charge in [0.05, 0.1) is 5.69 Å². The first-order chi connectivity index (χ1) is 15.5. The molecule has 2 aromatic heterocycles. The molecule has 0 atom stereocenters. The lowest BCUT2D eigenvalue weighted by molar-refractivity contribution is 0.0651. The van der Waals surface area contributed by atoms with Gasteiger partial charge >= 0.3 is 0 Å². The van der Waals surface area contributed by atoms with Crippen molar-refractivity contribution in [3.05, 3.63) is 53.1 Å². The van der Waals surface area contributed by atoms with Gasteiger partial charge in [0.1, 0.15) is 5.58 Å². The maximum absolute atomic E-state index is 13.1. The zero-order valence-electron chi connectivity index (χ0n) is 18.7. The highest BCUT2D eigenvalue weighted by Gasteiger charge is 2.31. The molecule has 1 aromatic carbocycles. The smallest absolute Gasteiger partial charge is 0.292 e. The van der Waals surface area contributed by atoms with E-state index in [-0.39, 0.29) is 17.7 Å². The maximum atomic E-state index is 13.1. The zero-order valence-corrected chi connectivity index (χ0v) is 18.7. The lowest BCUT2D eigenvalue weighted by Gasteiger charge is -2.30. The Morgan fingerprint density at radius 1 is 0.969 bits per heavy atom. The summed E-state index contributed by atoms with van der Waals surface area (Å²) in [4.78, 5) is 29.5. The number of amides is 2. The quantitative estimate of drug-likeness (QED) is 0.600. The second-order valence-corrected chi connectivity index (χ2v) is 9.21. The molecular formula is C25H29N3O4. The van der Waals surface area contributed by atoms with Crippen LogP contribution in [0.4, 0.5) is 0 Å². The summed E-state index contributed by atoms with van der Waals surface area (Å²) < 4.78 is 11.3. The Morgan fingerprint density at radius 3 is 2.34 bits per heavy atom. The van der Waals surface area contributed by atoms with Crippen LogP contribution < -0.4 is 0 Å². The van der Waals surface area contributed by atoms with E-state index in [0.29, 0.717) is 30.5 Å². The molecule has 0 N–H and O–H groups in total. The SMILES string of the molecule is Cc1c(C(=O)N2CCC(c3cc(C(=O)N4CCC(C)CC4)on3)CC2)oc2ccccc12. The Morgan fingerprint density at radius 2 is 1.62 bits per heavy atom. The summed E-state index contributed by atoms with van der Waals surface area (Å²) in [5.74, 6) is 1.47. The standard InChI is InChI=1S/C25H29N3O4/c1-16-7-11-27(12-8-16)24(29)22-15-20(26-32-22)18-9-13-28(14-10-18)25(30)23-17(2)19-5-3-4-6-21(19)31-23/h3-6,15-16,18H,7-14H2,1-2H3. The topological polar surface area (TPSA) is 79.8 Å². The highest BCUT2D eigenvalue weighted by Crippen LogP contribution is 2.31. The van der Waals surface area contributed by atoms with Crippen LogP contribution >= 0.6 is 0 Å². The van der Waals surface area contributed by atoms with E-state index in [9.17, 15) is 9.59 Å². The average Bonchev–Trinajstić information content (AvgIpc) is 3.44. The molecule has 0 spiro atoms. The number of carbonyl (C=O) groups excluding carboxylic acids is 2. The van der Waals surface area contributed by atoms with Gasteiger partial charge in [-0.1, -0.05) is 30.3 Å². The van der Waals surface area contributed by atoms with E-state index in [1.165, 1.54) is 0 Å². The molecule has 2 aliphatic rings. The van der Waals surface area contributed by atoms with Crippen molar-refractivity contribution in [2.24, 2.45) is 5.92 Å². The van der Waals surface area contributed by atoms with Crippen molar-refractivity contribution >= 4 is 22.8 Å². The van der Waals surface area contributed by atoms with E-state index in [1.807, 2.05) is 41.0 Å². The van der Waals surface area contributed by atoms with E-state index in [1.54, 1.807) is 6.07 Å². The normalized spacial score (nSPS) is 18.4. The third-order valence-electron chi connectivity index (χ3n) is 7.05. The fourth-order valence-corrected chi connectivity index (χ4v) is 4.85. The number of hydrogen-bond acceptors (Lipinski definition) is 5. The predicted molar refractivity (Wildman–Crippen MR) is 120 cm³/mol. The highest BCUT2D eigenvalue weighted by molar-refractivity contribution is 5.99. The first kappa shape index (κ1) is 20.8. The number of piperidine rings is 2. The lowest BCUT2D eigenvalue weighted by Crippen LogP contribution is -2.38.